The zero-order valence-electron chi connectivity index (χ0n) is 11.1. The number of para-hydroxylation sites is 1. The maximum absolute atomic E-state index is 11.4. The van der Waals surface area contributed by atoms with Gasteiger partial charge in [-0.2, -0.15) is 0 Å². The van der Waals surface area contributed by atoms with Crippen molar-refractivity contribution in [3.05, 3.63) is 40.8 Å². The lowest BCUT2D eigenvalue weighted by atomic mass is 10.2. The standard InChI is InChI=1S/C14H16N2O3S/c1-15-14(20)16-7-4-8-18-12-9-13(17)19-11-6-3-2-5-10(11)12/h2-3,5-6,9H,4,7-8H2,1H3,(H2,15,16,20). The fraction of sp³-hybridized carbons (Fsp3) is 0.286. The Morgan fingerprint density at radius 3 is 3.00 bits per heavy atom. The van der Waals surface area contributed by atoms with Gasteiger partial charge in [-0.15, -0.1) is 0 Å². The van der Waals surface area contributed by atoms with E-state index < -0.39 is 5.63 Å². The minimum Gasteiger partial charge on any atom is -0.492 e. The van der Waals surface area contributed by atoms with Gasteiger partial charge in [-0.3, -0.25) is 0 Å². The number of nitrogens with one attached hydrogen (secondary N) is 2. The average Bonchev–Trinajstić information content (AvgIpc) is 2.46. The van der Waals surface area contributed by atoms with Crippen molar-refractivity contribution in [2.24, 2.45) is 0 Å². The van der Waals surface area contributed by atoms with E-state index in [1.54, 1.807) is 13.1 Å². The molecule has 1 heterocycles. The molecule has 0 aliphatic heterocycles. The van der Waals surface area contributed by atoms with Gasteiger partial charge in [0.1, 0.15) is 11.3 Å². The van der Waals surface area contributed by atoms with Crippen molar-refractivity contribution in [1.82, 2.24) is 10.6 Å². The normalized spacial score (nSPS) is 10.2. The Balaban J connectivity index is 1.96. The van der Waals surface area contributed by atoms with Gasteiger partial charge in [0.05, 0.1) is 18.1 Å². The fourth-order valence-corrected chi connectivity index (χ4v) is 1.85. The van der Waals surface area contributed by atoms with Crippen LogP contribution in [0.3, 0.4) is 0 Å². The van der Waals surface area contributed by atoms with Gasteiger partial charge in [-0.25, -0.2) is 4.79 Å². The molecule has 0 bridgehead atoms. The molecule has 1 aromatic carbocycles. The molecule has 106 valence electrons. The van der Waals surface area contributed by atoms with Gasteiger partial charge in [-0.05, 0) is 30.8 Å². The molecule has 20 heavy (non-hydrogen) atoms. The van der Waals surface area contributed by atoms with Gasteiger partial charge in [0.25, 0.3) is 0 Å². The van der Waals surface area contributed by atoms with Crippen LogP contribution in [0.1, 0.15) is 6.42 Å². The third-order valence-corrected chi connectivity index (χ3v) is 3.05. The Morgan fingerprint density at radius 2 is 2.20 bits per heavy atom. The van der Waals surface area contributed by atoms with Crippen LogP contribution in [0.5, 0.6) is 5.75 Å². The van der Waals surface area contributed by atoms with E-state index in [4.69, 9.17) is 21.4 Å². The summed E-state index contributed by atoms with van der Waals surface area (Å²) >= 11 is 4.96. The van der Waals surface area contributed by atoms with E-state index in [1.807, 2.05) is 18.2 Å². The molecule has 0 amide bonds. The van der Waals surface area contributed by atoms with Crippen LogP contribution in [0.2, 0.25) is 0 Å². The molecule has 0 fully saturated rings. The van der Waals surface area contributed by atoms with E-state index in [0.717, 1.165) is 11.8 Å². The summed E-state index contributed by atoms with van der Waals surface area (Å²) in [7, 11) is 1.77. The number of thiocarbonyl (C=S) groups is 1. The lowest BCUT2D eigenvalue weighted by molar-refractivity contribution is 0.312. The topological polar surface area (TPSA) is 63.5 Å². The third kappa shape index (κ3) is 3.71. The number of benzene rings is 1. The Hall–Kier alpha value is -2.08. The minimum absolute atomic E-state index is 0.409. The molecular formula is C14H16N2O3S. The van der Waals surface area contributed by atoms with E-state index in [9.17, 15) is 4.79 Å². The molecule has 2 N–H and O–H groups in total. The average molecular weight is 292 g/mol. The van der Waals surface area contributed by atoms with Gasteiger partial charge >= 0.3 is 5.63 Å². The molecule has 0 saturated carbocycles. The monoisotopic (exact) mass is 292 g/mol. The Labute approximate surface area is 121 Å². The second-order valence-electron chi connectivity index (χ2n) is 4.13. The maximum atomic E-state index is 11.4. The van der Waals surface area contributed by atoms with Crippen LogP contribution < -0.4 is 21.0 Å². The molecule has 1 aromatic heterocycles. The number of hydrogen-bond donors (Lipinski definition) is 2. The van der Waals surface area contributed by atoms with Crippen molar-refractivity contribution in [2.45, 2.75) is 6.42 Å². The highest BCUT2D eigenvalue weighted by Crippen LogP contribution is 2.23. The van der Waals surface area contributed by atoms with Gasteiger partial charge in [0.15, 0.2) is 5.11 Å². The van der Waals surface area contributed by atoms with E-state index in [2.05, 4.69) is 10.6 Å². The van der Waals surface area contributed by atoms with Gasteiger partial charge in [0, 0.05) is 13.6 Å². The van der Waals surface area contributed by atoms with Crippen molar-refractivity contribution < 1.29 is 9.15 Å². The summed E-state index contributed by atoms with van der Waals surface area (Å²) < 4.78 is 10.8. The second kappa shape index (κ2) is 6.91. The first-order chi connectivity index (χ1) is 9.70. The van der Waals surface area contributed by atoms with Gasteiger partial charge in [-0.1, -0.05) is 12.1 Å². The van der Waals surface area contributed by atoms with Gasteiger partial charge < -0.3 is 19.8 Å². The van der Waals surface area contributed by atoms with Crippen LogP contribution in [0.25, 0.3) is 11.0 Å². The van der Waals surface area contributed by atoms with Crippen LogP contribution in [0, 0.1) is 0 Å². The number of rotatable bonds is 5. The first kappa shape index (κ1) is 14.3. The fourth-order valence-electron chi connectivity index (χ4n) is 1.75. The molecule has 0 unspecified atom stereocenters. The number of ether oxygens (including phenoxy) is 1. The Morgan fingerprint density at radius 1 is 1.40 bits per heavy atom. The highest BCUT2D eigenvalue weighted by atomic mass is 32.1. The molecule has 2 aromatic rings. The SMILES string of the molecule is CNC(=S)NCCCOc1cc(=O)oc2ccccc12. The van der Waals surface area contributed by atoms with Crippen molar-refractivity contribution in [3.8, 4) is 5.75 Å². The van der Waals surface area contributed by atoms with E-state index in [-0.39, 0.29) is 0 Å². The molecule has 5 nitrogen and oxygen atoms in total. The van der Waals surface area contributed by atoms with Gasteiger partial charge in [0.2, 0.25) is 0 Å². The molecule has 0 spiro atoms. The van der Waals surface area contributed by atoms with E-state index in [1.165, 1.54) is 6.07 Å². The van der Waals surface area contributed by atoms with Crippen LogP contribution in [-0.2, 0) is 0 Å². The summed E-state index contributed by atoms with van der Waals surface area (Å²) in [5.74, 6) is 0.549. The predicted octanol–water partition coefficient (Wildman–Crippen LogP) is 1.66. The first-order valence-corrected chi connectivity index (χ1v) is 6.73. The molecule has 0 radical (unpaired) electrons. The molecule has 0 atom stereocenters. The van der Waals surface area contributed by atoms with Crippen molar-refractivity contribution >= 4 is 28.3 Å². The quantitative estimate of drug-likeness (QED) is 0.496. The summed E-state index contributed by atoms with van der Waals surface area (Å²) in [5, 5.41) is 7.26. The lowest BCUT2D eigenvalue weighted by Crippen LogP contribution is -2.33. The van der Waals surface area contributed by atoms with Crippen LogP contribution in [0.4, 0.5) is 0 Å². The number of fused-ring (bicyclic) bond motifs is 1. The molecule has 0 aliphatic carbocycles. The molecule has 0 aliphatic rings. The highest BCUT2D eigenvalue weighted by Gasteiger charge is 2.05. The Bertz CT molecular complexity index is 654. The van der Waals surface area contributed by atoms with Crippen LogP contribution >= 0.6 is 12.2 Å². The smallest absolute Gasteiger partial charge is 0.339 e. The van der Waals surface area contributed by atoms with E-state index in [0.29, 0.717) is 29.6 Å². The number of hydrogen-bond acceptors (Lipinski definition) is 4. The Kier molecular flexibility index (Phi) is 4.95. The maximum Gasteiger partial charge on any atom is 0.339 e. The molecule has 6 heteroatoms. The zero-order valence-corrected chi connectivity index (χ0v) is 12.0. The highest BCUT2D eigenvalue weighted by molar-refractivity contribution is 7.80. The molecule has 0 saturated heterocycles. The molecular weight excluding hydrogens is 276 g/mol. The predicted molar refractivity (Wildman–Crippen MR) is 82.3 cm³/mol. The summed E-state index contributed by atoms with van der Waals surface area (Å²) in [6.07, 6.45) is 0.774. The van der Waals surface area contributed by atoms with Crippen LogP contribution in [-0.4, -0.2) is 25.3 Å². The lowest BCUT2D eigenvalue weighted by Gasteiger charge is -2.09. The van der Waals surface area contributed by atoms with Crippen molar-refractivity contribution in [3.63, 3.8) is 0 Å². The third-order valence-electron chi connectivity index (χ3n) is 2.70. The van der Waals surface area contributed by atoms with Crippen molar-refractivity contribution in [1.29, 1.82) is 0 Å². The summed E-state index contributed by atoms with van der Waals surface area (Å²) in [5.41, 5.74) is 0.123. The molecule has 2 rings (SSSR count). The zero-order chi connectivity index (χ0) is 14.4. The van der Waals surface area contributed by atoms with Crippen LogP contribution in [0.15, 0.2) is 39.5 Å². The minimum atomic E-state index is -0.409. The second-order valence-corrected chi connectivity index (χ2v) is 4.54. The summed E-state index contributed by atoms with van der Waals surface area (Å²) in [6, 6.07) is 8.67. The van der Waals surface area contributed by atoms with Crippen molar-refractivity contribution in [2.75, 3.05) is 20.2 Å². The summed E-state index contributed by atoms with van der Waals surface area (Å²) in [6.45, 7) is 1.20. The largest absolute Gasteiger partial charge is 0.492 e. The summed E-state index contributed by atoms with van der Waals surface area (Å²) in [4.78, 5) is 11.4. The first-order valence-electron chi connectivity index (χ1n) is 6.32. The van der Waals surface area contributed by atoms with E-state index >= 15 is 0 Å².